The van der Waals surface area contributed by atoms with E-state index in [0.29, 0.717) is 18.0 Å². The highest BCUT2D eigenvalue weighted by molar-refractivity contribution is 14.1. The molecule has 2 aromatic rings. The zero-order chi connectivity index (χ0) is 15.2. The quantitative estimate of drug-likeness (QED) is 0.431. The second-order valence-electron chi connectivity index (χ2n) is 4.40. The SMILES string of the molecule is CCCNc1cccc(Oc2cccc(I)c2)c1[N+](=O)[O-]. The van der Waals surface area contributed by atoms with E-state index >= 15 is 0 Å². The Morgan fingerprint density at radius 3 is 2.71 bits per heavy atom. The van der Waals surface area contributed by atoms with Gasteiger partial charge in [-0.3, -0.25) is 10.1 Å². The molecule has 0 heterocycles. The molecule has 0 saturated carbocycles. The van der Waals surface area contributed by atoms with E-state index in [0.717, 1.165) is 9.99 Å². The molecule has 6 heteroatoms. The smallest absolute Gasteiger partial charge is 0.334 e. The number of halogens is 1. The lowest BCUT2D eigenvalue weighted by Crippen LogP contribution is -2.04. The van der Waals surface area contributed by atoms with Crippen LogP contribution in [0.25, 0.3) is 0 Å². The van der Waals surface area contributed by atoms with Crippen molar-refractivity contribution in [3.8, 4) is 11.5 Å². The lowest BCUT2D eigenvalue weighted by atomic mass is 10.2. The number of anilines is 1. The van der Waals surface area contributed by atoms with E-state index < -0.39 is 4.92 Å². The van der Waals surface area contributed by atoms with E-state index in [4.69, 9.17) is 4.74 Å². The minimum absolute atomic E-state index is 0.0372. The standard InChI is InChI=1S/C15H15IN2O3/c1-2-9-17-13-7-4-8-14(15(13)18(19)20)21-12-6-3-5-11(16)10-12/h3-8,10,17H,2,9H2,1H3. The number of nitrogens with zero attached hydrogens (tertiary/aromatic N) is 1. The number of nitrogens with one attached hydrogen (secondary N) is 1. The fourth-order valence-electron chi connectivity index (χ4n) is 1.85. The van der Waals surface area contributed by atoms with Crippen molar-refractivity contribution in [2.75, 3.05) is 11.9 Å². The highest BCUT2D eigenvalue weighted by atomic mass is 127. The summed E-state index contributed by atoms with van der Waals surface area (Å²) >= 11 is 2.17. The van der Waals surface area contributed by atoms with Gasteiger partial charge in [-0.05, 0) is 59.3 Å². The molecule has 0 radical (unpaired) electrons. The van der Waals surface area contributed by atoms with E-state index in [-0.39, 0.29) is 11.4 Å². The van der Waals surface area contributed by atoms with Gasteiger partial charge in [-0.15, -0.1) is 0 Å². The monoisotopic (exact) mass is 398 g/mol. The first-order chi connectivity index (χ1) is 10.1. The fraction of sp³-hybridized carbons (Fsp3) is 0.200. The van der Waals surface area contributed by atoms with Gasteiger partial charge in [-0.2, -0.15) is 0 Å². The Morgan fingerprint density at radius 1 is 1.29 bits per heavy atom. The minimum atomic E-state index is -0.415. The molecular weight excluding hydrogens is 383 g/mol. The average Bonchev–Trinajstić information content (AvgIpc) is 2.45. The van der Waals surface area contributed by atoms with Crippen molar-refractivity contribution in [3.63, 3.8) is 0 Å². The van der Waals surface area contributed by atoms with Crippen LogP contribution in [-0.4, -0.2) is 11.5 Å². The van der Waals surface area contributed by atoms with Crippen LogP contribution in [0.2, 0.25) is 0 Å². The fourth-order valence-corrected chi connectivity index (χ4v) is 2.37. The van der Waals surface area contributed by atoms with Crippen LogP contribution in [0.5, 0.6) is 11.5 Å². The summed E-state index contributed by atoms with van der Waals surface area (Å²) in [5.41, 5.74) is 0.440. The van der Waals surface area contributed by atoms with Gasteiger partial charge in [0.15, 0.2) is 0 Å². The van der Waals surface area contributed by atoms with Crippen LogP contribution in [0.4, 0.5) is 11.4 Å². The predicted molar refractivity (Wildman–Crippen MR) is 91.1 cm³/mol. The predicted octanol–water partition coefficient (Wildman–Crippen LogP) is 4.81. The van der Waals surface area contributed by atoms with Crippen molar-refractivity contribution in [1.29, 1.82) is 0 Å². The summed E-state index contributed by atoms with van der Waals surface area (Å²) in [4.78, 5) is 10.9. The molecule has 0 aliphatic carbocycles. The number of para-hydroxylation sites is 1. The van der Waals surface area contributed by atoms with Gasteiger partial charge >= 0.3 is 5.69 Å². The van der Waals surface area contributed by atoms with Gasteiger partial charge in [0.25, 0.3) is 0 Å². The van der Waals surface area contributed by atoms with Gasteiger partial charge in [0, 0.05) is 10.1 Å². The van der Waals surface area contributed by atoms with Crippen molar-refractivity contribution in [3.05, 3.63) is 56.1 Å². The molecule has 0 bridgehead atoms. The molecule has 0 aliphatic heterocycles. The van der Waals surface area contributed by atoms with Gasteiger partial charge in [0.2, 0.25) is 5.75 Å². The number of nitro groups is 1. The van der Waals surface area contributed by atoms with Crippen molar-refractivity contribution < 1.29 is 9.66 Å². The molecule has 2 aromatic carbocycles. The third kappa shape index (κ3) is 4.07. The van der Waals surface area contributed by atoms with E-state index in [1.54, 1.807) is 24.3 Å². The molecule has 0 fully saturated rings. The largest absolute Gasteiger partial charge is 0.450 e. The zero-order valence-corrected chi connectivity index (χ0v) is 13.7. The Morgan fingerprint density at radius 2 is 2.05 bits per heavy atom. The van der Waals surface area contributed by atoms with E-state index in [1.165, 1.54) is 0 Å². The molecule has 0 atom stereocenters. The van der Waals surface area contributed by atoms with Gasteiger partial charge in [-0.25, -0.2) is 0 Å². The number of nitro benzene ring substituents is 1. The molecule has 1 N–H and O–H groups in total. The number of benzene rings is 2. The first-order valence-electron chi connectivity index (χ1n) is 6.56. The molecule has 5 nitrogen and oxygen atoms in total. The first-order valence-corrected chi connectivity index (χ1v) is 7.64. The average molecular weight is 398 g/mol. The molecule has 0 spiro atoms. The van der Waals surface area contributed by atoms with Crippen LogP contribution < -0.4 is 10.1 Å². The highest BCUT2D eigenvalue weighted by Crippen LogP contribution is 2.37. The van der Waals surface area contributed by atoms with Crippen LogP contribution in [0.3, 0.4) is 0 Å². The number of ether oxygens (including phenoxy) is 1. The first kappa shape index (κ1) is 15.6. The summed E-state index contributed by atoms with van der Waals surface area (Å²) < 4.78 is 6.69. The maximum atomic E-state index is 11.3. The summed E-state index contributed by atoms with van der Waals surface area (Å²) in [6, 6.07) is 12.4. The van der Waals surface area contributed by atoms with Crippen molar-refractivity contribution in [2.45, 2.75) is 13.3 Å². The molecule has 0 aromatic heterocycles. The van der Waals surface area contributed by atoms with Crippen LogP contribution >= 0.6 is 22.6 Å². The molecule has 2 rings (SSSR count). The zero-order valence-electron chi connectivity index (χ0n) is 11.5. The normalized spacial score (nSPS) is 10.2. The molecule has 0 saturated heterocycles. The topological polar surface area (TPSA) is 64.4 Å². The molecule has 0 aliphatic rings. The Labute approximate surface area is 136 Å². The van der Waals surface area contributed by atoms with Gasteiger partial charge in [0.05, 0.1) is 4.92 Å². The van der Waals surface area contributed by atoms with Crippen molar-refractivity contribution in [1.82, 2.24) is 0 Å². The second-order valence-corrected chi connectivity index (χ2v) is 5.64. The lowest BCUT2D eigenvalue weighted by Gasteiger charge is -2.10. The number of hydrogen-bond acceptors (Lipinski definition) is 4. The van der Waals surface area contributed by atoms with E-state index in [2.05, 4.69) is 27.9 Å². The van der Waals surface area contributed by atoms with E-state index in [1.807, 2.05) is 25.1 Å². The molecule has 0 unspecified atom stereocenters. The molecular formula is C15H15IN2O3. The third-order valence-corrected chi connectivity index (χ3v) is 3.44. The Hall–Kier alpha value is -1.83. The van der Waals surface area contributed by atoms with Crippen molar-refractivity contribution >= 4 is 34.0 Å². The Balaban J connectivity index is 2.36. The maximum Gasteiger partial charge on any atom is 0.334 e. The molecule has 0 amide bonds. The Kier molecular flexibility index (Phi) is 5.38. The number of rotatable bonds is 6. The highest BCUT2D eigenvalue weighted by Gasteiger charge is 2.21. The van der Waals surface area contributed by atoms with Crippen LogP contribution in [-0.2, 0) is 0 Å². The van der Waals surface area contributed by atoms with Crippen LogP contribution in [0.1, 0.15) is 13.3 Å². The molecule has 21 heavy (non-hydrogen) atoms. The van der Waals surface area contributed by atoms with Crippen LogP contribution in [0, 0.1) is 13.7 Å². The Bertz CT molecular complexity index is 647. The van der Waals surface area contributed by atoms with Gasteiger partial charge in [0.1, 0.15) is 11.4 Å². The summed E-state index contributed by atoms with van der Waals surface area (Å²) in [5, 5.41) is 14.4. The second kappa shape index (κ2) is 7.26. The van der Waals surface area contributed by atoms with E-state index in [9.17, 15) is 10.1 Å². The van der Waals surface area contributed by atoms with Gasteiger partial charge in [-0.1, -0.05) is 19.1 Å². The third-order valence-electron chi connectivity index (χ3n) is 2.77. The summed E-state index contributed by atoms with van der Waals surface area (Å²) in [7, 11) is 0. The summed E-state index contributed by atoms with van der Waals surface area (Å²) in [6.07, 6.45) is 0.888. The lowest BCUT2D eigenvalue weighted by molar-refractivity contribution is -0.384. The van der Waals surface area contributed by atoms with Crippen LogP contribution in [0.15, 0.2) is 42.5 Å². The summed E-state index contributed by atoms with van der Waals surface area (Å²) in [6.45, 7) is 2.68. The van der Waals surface area contributed by atoms with Gasteiger partial charge < -0.3 is 10.1 Å². The maximum absolute atomic E-state index is 11.3. The van der Waals surface area contributed by atoms with Crippen molar-refractivity contribution in [2.24, 2.45) is 0 Å². The molecule has 110 valence electrons. The number of hydrogen-bond donors (Lipinski definition) is 1. The minimum Gasteiger partial charge on any atom is -0.450 e. The summed E-state index contributed by atoms with van der Waals surface area (Å²) in [5.74, 6) is 0.820.